The molecule has 0 saturated carbocycles. The summed E-state index contributed by atoms with van der Waals surface area (Å²) in [6.45, 7) is 4.34. The molecule has 0 spiro atoms. The van der Waals surface area contributed by atoms with Crippen LogP contribution in [0.15, 0.2) is 24.4 Å². The smallest absolute Gasteiger partial charge is 0.255 e. The number of aryl methyl sites for hydroxylation is 1. The molecule has 1 saturated heterocycles. The van der Waals surface area contributed by atoms with E-state index in [0.29, 0.717) is 37.5 Å². The number of morpholine rings is 1. The number of ether oxygens (including phenoxy) is 1. The molecule has 0 unspecified atom stereocenters. The summed E-state index contributed by atoms with van der Waals surface area (Å²) in [6.07, 6.45) is 1.71. The van der Waals surface area contributed by atoms with E-state index in [1.165, 1.54) is 0 Å². The summed E-state index contributed by atoms with van der Waals surface area (Å²) in [7, 11) is 0. The molecule has 1 aliphatic heterocycles. The van der Waals surface area contributed by atoms with Crippen LogP contribution in [0.1, 0.15) is 16.1 Å². The first-order valence-electron chi connectivity index (χ1n) is 6.35. The molecule has 2 aromatic heterocycles. The quantitative estimate of drug-likeness (QED) is 0.775. The fraction of sp³-hybridized carbons (Fsp3) is 0.357. The Labute approximate surface area is 111 Å². The highest BCUT2D eigenvalue weighted by Crippen LogP contribution is 2.16. The molecule has 98 valence electrons. The van der Waals surface area contributed by atoms with Crippen LogP contribution in [0.5, 0.6) is 0 Å². The Balaban J connectivity index is 1.99. The van der Waals surface area contributed by atoms with E-state index < -0.39 is 0 Å². The lowest BCUT2D eigenvalue weighted by molar-refractivity contribution is 0.0302. The van der Waals surface area contributed by atoms with Gasteiger partial charge in [0.15, 0.2) is 5.65 Å². The van der Waals surface area contributed by atoms with Crippen LogP contribution >= 0.6 is 0 Å². The zero-order chi connectivity index (χ0) is 13.2. The second-order valence-electron chi connectivity index (χ2n) is 4.58. The molecule has 19 heavy (non-hydrogen) atoms. The molecule has 0 bridgehead atoms. The number of amides is 1. The second-order valence-corrected chi connectivity index (χ2v) is 4.58. The van der Waals surface area contributed by atoms with Gasteiger partial charge in [-0.2, -0.15) is 0 Å². The van der Waals surface area contributed by atoms with Crippen molar-refractivity contribution in [3.05, 3.63) is 35.7 Å². The van der Waals surface area contributed by atoms with Gasteiger partial charge in [0.2, 0.25) is 0 Å². The summed E-state index contributed by atoms with van der Waals surface area (Å²) < 4.78 is 5.27. The molecule has 0 aromatic carbocycles. The normalized spacial score (nSPS) is 15.7. The van der Waals surface area contributed by atoms with Gasteiger partial charge in [-0.1, -0.05) is 0 Å². The van der Waals surface area contributed by atoms with Crippen molar-refractivity contribution in [3.63, 3.8) is 0 Å². The summed E-state index contributed by atoms with van der Waals surface area (Å²) in [5.41, 5.74) is 2.06. The fourth-order valence-electron chi connectivity index (χ4n) is 2.25. The SMILES string of the molecule is Cc1nc2ncccc2cc1C(=O)N1CCOCC1. The monoisotopic (exact) mass is 257 g/mol. The molecular formula is C14H15N3O2. The zero-order valence-electron chi connectivity index (χ0n) is 10.8. The molecule has 3 rings (SSSR count). The molecule has 1 aliphatic rings. The first-order chi connectivity index (χ1) is 9.25. The first-order valence-corrected chi connectivity index (χ1v) is 6.35. The highest BCUT2D eigenvalue weighted by atomic mass is 16.5. The topological polar surface area (TPSA) is 55.3 Å². The highest BCUT2D eigenvalue weighted by molar-refractivity contribution is 5.98. The third-order valence-electron chi connectivity index (χ3n) is 3.31. The van der Waals surface area contributed by atoms with E-state index in [2.05, 4.69) is 9.97 Å². The number of fused-ring (bicyclic) bond motifs is 1. The number of carbonyl (C=O) groups is 1. The molecule has 2 aromatic rings. The van der Waals surface area contributed by atoms with Crippen LogP contribution in [0.25, 0.3) is 11.0 Å². The molecular weight excluding hydrogens is 242 g/mol. The zero-order valence-corrected chi connectivity index (χ0v) is 10.8. The summed E-state index contributed by atoms with van der Waals surface area (Å²) in [5, 5.41) is 0.893. The van der Waals surface area contributed by atoms with Crippen molar-refractivity contribution in [2.45, 2.75) is 6.92 Å². The van der Waals surface area contributed by atoms with Crippen molar-refractivity contribution in [3.8, 4) is 0 Å². The summed E-state index contributed by atoms with van der Waals surface area (Å²) in [6, 6.07) is 5.65. The third-order valence-corrected chi connectivity index (χ3v) is 3.31. The van der Waals surface area contributed by atoms with E-state index in [4.69, 9.17) is 4.74 Å². The van der Waals surface area contributed by atoms with E-state index in [-0.39, 0.29) is 5.91 Å². The Morgan fingerprint density at radius 3 is 2.95 bits per heavy atom. The van der Waals surface area contributed by atoms with Crippen LogP contribution in [0.4, 0.5) is 0 Å². The van der Waals surface area contributed by atoms with E-state index >= 15 is 0 Å². The molecule has 0 atom stereocenters. The lowest BCUT2D eigenvalue weighted by atomic mass is 10.1. The van der Waals surface area contributed by atoms with Crippen LogP contribution in [-0.2, 0) is 4.74 Å². The number of hydrogen-bond donors (Lipinski definition) is 0. The molecule has 0 radical (unpaired) electrons. The second kappa shape index (κ2) is 4.93. The molecule has 1 amide bonds. The van der Waals surface area contributed by atoms with Crippen molar-refractivity contribution in [2.24, 2.45) is 0 Å². The average molecular weight is 257 g/mol. The average Bonchev–Trinajstić information content (AvgIpc) is 2.47. The van der Waals surface area contributed by atoms with E-state index in [9.17, 15) is 4.79 Å². The van der Waals surface area contributed by atoms with Crippen molar-refractivity contribution in [2.75, 3.05) is 26.3 Å². The maximum atomic E-state index is 12.5. The van der Waals surface area contributed by atoms with Crippen LogP contribution < -0.4 is 0 Å². The number of aromatic nitrogens is 2. The van der Waals surface area contributed by atoms with Gasteiger partial charge in [0.1, 0.15) is 0 Å². The van der Waals surface area contributed by atoms with Crippen LogP contribution in [0.2, 0.25) is 0 Å². The van der Waals surface area contributed by atoms with Crippen LogP contribution in [0.3, 0.4) is 0 Å². The Hall–Kier alpha value is -2.01. The maximum absolute atomic E-state index is 12.5. The Kier molecular flexibility index (Phi) is 3.13. The molecule has 5 nitrogen and oxygen atoms in total. The van der Waals surface area contributed by atoms with Gasteiger partial charge in [-0.05, 0) is 25.1 Å². The summed E-state index contributed by atoms with van der Waals surface area (Å²) >= 11 is 0. The lowest BCUT2D eigenvalue weighted by Crippen LogP contribution is -2.41. The minimum Gasteiger partial charge on any atom is -0.378 e. The van der Waals surface area contributed by atoms with Gasteiger partial charge in [0.05, 0.1) is 24.5 Å². The van der Waals surface area contributed by atoms with E-state index in [0.717, 1.165) is 11.1 Å². The largest absolute Gasteiger partial charge is 0.378 e. The molecule has 3 heterocycles. The van der Waals surface area contributed by atoms with Gasteiger partial charge in [-0.3, -0.25) is 4.79 Å². The van der Waals surface area contributed by atoms with Gasteiger partial charge < -0.3 is 9.64 Å². The third kappa shape index (κ3) is 2.29. The number of rotatable bonds is 1. The Morgan fingerprint density at radius 2 is 2.16 bits per heavy atom. The highest BCUT2D eigenvalue weighted by Gasteiger charge is 2.21. The van der Waals surface area contributed by atoms with Crippen molar-refractivity contribution >= 4 is 16.9 Å². The molecule has 5 heteroatoms. The van der Waals surface area contributed by atoms with E-state index in [1.807, 2.05) is 30.0 Å². The van der Waals surface area contributed by atoms with Gasteiger partial charge in [0, 0.05) is 24.7 Å². The summed E-state index contributed by atoms with van der Waals surface area (Å²) in [5.74, 6) is 0.0269. The summed E-state index contributed by atoms with van der Waals surface area (Å²) in [4.78, 5) is 22.9. The molecule has 1 fully saturated rings. The minimum atomic E-state index is 0.0269. The van der Waals surface area contributed by atoms with Crippen molar-refractivity contribution in [1.29, 1.82) is 0 Å². The number of carbonyl (C=O) groups excluding carboxylic acids is 1. The Bertz CT molecular complexity index is 621. The predicted octanol–water partition coefficient (Wildman–Crippen LogP) is 1.41. The van der Waals surface area contributed by atoms with Gasteiger partial charge in [0.25, 0.3) is 5.91 Å². The van der Waals surface area contributed by atoms with Crippen LogP contribution in [0, 0.1) is 6.92 Å². The van der Waals surface area contributed by atoms with Crippen LogP contribution in [-0.4, -0.2) is 47.1 Å². The van der Waals surface area contributed by atoms with Gasteiger partial charge >= 0.3 is 0 Å². The number of hydrogen-bond acceptors (Lipinski definition) is 4. The molecule has 0 N–H and O–H groups in total. The fourth-order valence-corrected chi connectivity index (χ4v) is 2.25. The van der Waals surface area contributed by atoms with Gasteiger partial charge in [-0.25, -0.2) is 9.97 Å². The molecule has 0 aliphatic carbocycles. The number of nitrogens with zero attached hydrogens (tertiary/aromatic N) is 3. The standard InChI is InChI=1S/C14H15N3O2/c1-10-12(14(18)17-5-7-19-8-6-17)9-11-3-2-4-15-13(11)16-10/h2-4,9H,5-8H2,1H3. The number of pyridine rings is 2. The Morgan fingerprint density at radius 1 is 1.37 bits per heavy atom. The lowest BCUT2D eigenvalue weighted by Gasteiger charge is -2.27. The minimum absolute atomic E-state index is 0.0269. The maximum Gasteiger partial charge on any atom is 0.255 e. The predicted molar refractivity (Wildman–Crippen MR) is 71.0 cm³/mol. The van der Waals surface area contributed by atoms with Crippen molar-refractivity contribution in [1.82, 2.24) is 14.9 Å². The first kappa shape index (κ1) is 12.0. The van der Waals surface area contributed by atoms with Gasteiger partial charge in [-0.15, -0.1) is 0 Å². The van der Waals surface area contributed by atoms with E-state index in [1.54, 1.807) is 6.20 Å². The van der Waals surface area contributed by atoms with Crippen molar-refractivity contribution < 1.29 is 9.53 Å².